The van der Waals surface area contributed by atoms with Gasteiger partial charge in [0.2, 0.25) is 0 Å². The van der Waals surface area contributed by atoms with E-state index in [4.69, 9.17) is 5.11 Å². The van der Waals surface area contributed by atoms with E-state index in [9.17, 15) is 4.79 Å². The zero-order valence-electron chi connectivity index (χ0n) is 7.61. The topological polar surface area (TPSA) is 37.3 Å². The number of hydrogen-bond donors (Lipinski definition) is 1. The molecule has 0 aromatic heterocycles. The second-order valence-corrected chi connectivity index (χ2v) is 5.30. The van der Waals surface area contributed by atoms with Crippen molar-refractivity contribution in [3.05, 3.63) is 48.6 Å². The molecule has 0 amide bonds. The third-order valence-corrected chi connectivity index (χ3v) is 4.48. The number of rotatable bonds is 3. The van der Waals surface area contributed by atoms with Gasteiger partial charge in [-0.1, -0.05) is 37.0 Å². The van der Waals surface area contributed by atoms with Crippen molar-refractivity contribution in [2.24, 2.45) is 0 Å². The SMILES string of the molecule is C=C/C=C\C=C1\C=CC(C(=O)O)=IC1. The summed E-state index contributed by atoms with van der Waals surface area (Å²) < 4.78 is 1.49. The van der Waals surface area contributed by atoms with Crippen LogP contribution < -0.4 is 0 Å². The number of hydrogen-bond acceptors (Lipinski definition) is 1. The first-order valence-corrected chi connectivity index (χ1v) is 6.70. The van der Waals surface area contributed by atoms with Crippen molar-refractivity contribution in [1.29, 1.82) is 0 Å². The van der Waals surface area contributed by atoms with Crippen LogP contribution in [0.25, 0.3) is 0 Å². The van der Waals surface area contributed by atoms with Crippen LogP contribution >= 0.6 is 20.7 Å². The Morgan fingerprint density at radius 2 is 2.29 bits per heavy atom. The number of carboxylic acids is 1. The van der Waals surface area contributed by atoms with Gasteiger partial charge < -0.3 is 5.11 Å². The predicted octanol–water partition coefficient (Wildman–Crippen LogP) is 2.45. The Morgan fingerprint density at radius 3 is 2.79 bits per heavy atom. The van der Waals surface area contributed by atoms with Crippen LogP contribution in [0.3, 0.4) is 0 Å². The number of aliphatic carboxylic acids is 1. The van der Waals surface area contributed by atoms with Crippen molar-refractivity contribution < 1.29 is 9.90 Å². The highest BCUT2D eigenvalue weighted by Crippen LogP contribution is 2.16. The highest BCUT2D eigenvalue weighted by Gasteiger charge is 2.07. The smallest absolute Gasteiger partial charge is 0.341 e. The summed E-state index contributed by atoms with van der Waals surface area (Å²) in [6, 6.07) is 0. The third-order valence-electron chi connectivity index (χ3n) is 1.57. The minimum Gasteiger partial charge on any atom is -0.477 e. The van der Waals surface area contributed by atoms with E-state index in [1.54, 1.807) is 12.2 Å². The Hall–Kier alpha value is -0.970. The predicted molar refractivity (Wildman–Crippen MR) is 68.1 cm³/mol. The molecule has 0 unspecified atom stereocenters. The van der Waals surface area contributed by atoms with Crippen LogP contribution in [0.5, 0.6) is 0 Å². The largest absolute Gasteiger partial charge is 0.477 e. The summed E-state index contributed by atoms with van der Waals surface area (Å²) in [6.07, 6.45) is 11.1. The van der Waals surface area contributed by atoms with E-state index < -0.39 is 5.97 Å². The summed E-state index contributed by atoms with van der Waals surface area (Å²) in [5.41, 5.74) is 1.20. The molecule has 0 fully saturated rings. The Morgan fingerprint density at radius 1 is 1.50 bits per heavy atom. The maximum absolute atomic E-state index is 10.6. The average Bonchev–Trinajstić information content (AvgIpc) is 2.19. The van der Waals surface area contributed by atoms with Crippen molar-refractivity contribution in [1.82, 2.24) is 0 Å². The second kappa shape index (κ2) is 5.70. The number of carboxylic acid groups (broad SMARTS) is 1. The van der Waals surface area contributed by atoms with E-state index in [2.05, 4.69) is 6.58 Å². The molecule has 14 heavy (non-hydrogen) atoms. The van der Waals surface area contributed by atoms with E-state index in [0.29, 0.717) is 3.51 Å². The lowest BCUT2D eigenvalue weighted by Gasteiger charge is -2.03. The molecule has 0 aliphatic carbocycles. The Balaban J connectivity index is 2.64. The van der Waals surface area contributed by atoms with Crippen LogP contribution in [0.4, 0.5) is 0 Å². The van der Waals surface area contributed by atoms with Gasteiger partial charge in [-0.15, -0.1) is 20.7 Å². The molecular formula is C11H11IO2. The lowest BCUT2D eigenvalue weighted by molar-refractivity contribution is -0.128. The molecule has 0 aromatic carbocycles. The molecule has 0 saturated heterocycles. The van der Waals surface area contributed by atoms with Crippen molar-refractivity contribution in [3.63, 3.8) is 0 Å². The molecule has 1 aliphatic rings. The van der Waals surface area contributed by atoms with Gasteiger partial charge in [-0.25, -0.2) is 4.79 Å². The molecule has 74 valence electrons. The molecule has 1 rings (SSSR count). The van der Waals surface area contributed by atoms with Crippen molar-refractivity contribution in [2.75, 3.05) is 4.43 Å². The Labute approximate surface area is 93.1 Å². The fourth-order valence-electron chi connectivity index (χ4n) is 0.905. The van der Waals surface area contributed by atoms with E-state index in [-0.39, 0.29) is 20.7 Å². The monoisotopic (exact) mass is 302 g/mol. The lowest BCUT2D eigenvalue weighted by Crippen LogP contribution is -2.09. The minimum atomic E-state index is -0.769. The molecule has 0 spiro atoms. The molecule has 0 aromatic rings. The first-order valence-electron chi connectivity index (χ1n) is 4.10. The summed E-state index contributed by atoms with van der Waals surface area (Å²) in [5, 5.41) is 8.73. The second-order valence-electron chi connectivity index (χ2n) is 2.62. The summed E-state index contributed by atoms with van der Waals surface area (Å²) in [7, 11) is 0. The highest BCUT2D eigenvalue weighted by molar-refractivity contribution is 14.2. The molecule has 1 N–H and O–H groups in total. The Bertz CT molecular complexity index is 359. The lowest BCUT2D eigenvalue weighted by atomic mass is 10.2. The Kier molecular flexibility index (Phi) is 4.52. The van der Waals surface area contributed by atoms with E-state index in [1.165, 1.54) is 5.57 Å². The van der Waals surface area contributed by atoms with Gasteiger partial charge in [0.25, 0.3) is 0 Å². The summed E-state index contributed by atoms with van der Waals surface area (Å²) in [4.78, 5) is 10.6. The highest BCUT2D eigenvalue weighted by atomic mass is 127. The van der Waals surface area contributed by atoms with E-state index >= 15 is 0 Å². The van der Waals surface area contributed by atoms with Crippen molar-refractivity contribution in [3.8, 4) is 0 Å². The number of alkyl halides is 1. The summed E-state index contributed by atoms with van der Waals surface area (Å²) in [6.45, 7) is 3.57. The number of halogens is 1. The molecule has 3 heteroatoms. The number of allylic oxidation sites excluding steroid dienone is 6. The molecule has 0 atom stereocenters. The maximum atomic E-state index is 10.6. The fraction of sp³-hybridized carbons (Fsp3) is 0.0909. The molecule has 0 radical (unpaired) electrons. The molecule has 2 nitrogen and oxygen atoms in total. The van der Waals surface area contributed by atoms with Gasteiger partial charge in [-0.3, -0.25) is 0 Å². The minimum absolute atomic E-state index is 0.352. The number of carbonyl (C=O) groups is 1. The molecule has 1 heterocycles. The van der Waals surface area contributed by atoms with Gasteiger partial charge in [0.1, 0.15) is 0 Å². The zero-order chi connectivity index (χ0) is 10.4. The molecular weight excluding hydrogens is 291 g/mol. The quantitative estimate of drug-likeness (QED) is 0.494. The standard InChI is InChI=1S/C11H11IO2/c1-2-3-4-5-9-6-7-10(11(13)14)12-8-9/h2-7H,1,8H2,(H,13,14)/b4-3-,9-5-. The van der Waals surface area contributed by atoms with Gasteiger partial charge in [-0.05, 0) is 11.6 Å². The van der Waals surface area contributed by atoms with Gasteiger partial charge in [0, 0.05) is 4.43 Å². The summed E-state index contributed by atoms with van der Waals surface area (Å²) in [5.74, 6) is -0.769. The van der Waals surface area contributed by atoms with E-state index in [1.807, 2.05) is 24.3 Å². The summed E-state index contributed by atoms with van der Waals surface area (Å²) >= 11 is -0.352. The molecule has 1 aliphatic heterocycles. The van der Waals surface area contributed by atoms with Crippen LogP contribution in [0.15, 0.2) is 48.6 Å². The van der Waals surface area contributed by atoms with Crippen LogP contribution in [0.2, 0.25) is 0 Å². The normalized spacial score (nSPS) is 19.1. The first-order chi connectivity index (χ1) is 6.74. The van der Waals surface area contributed by atoms with Crippen molar-refractivity contribution in [2.45, 2.75) is 0 Å². The van der Waals surface area contributed by atoms with Crippen LogP contribution in [0, 0.1) is 0 Å². The third kappa shape index (κ3) is 3.41. The van der Waals surface area contributed by atoms with Crippen molar-refractivity contribution >= 4 is 30.2 Å². The van der Waals surface area contributed by atoms with Gasteiger partial charge in [0.15, 0.2) is 0 Å². The van der Waals surface area contributed by atoms with Gasteiger partial charge >= 0.3 is 5.97 Å². The first kappa shape index (κ1) is 11.1. The van der Waals surface area contributed by atoms with Gasteiger partial charge in [0.05, 0.1) is 3.51 Å². The zero-order valence-corrected chi connectivity index (χ0v) is 9.77. The molecule has 0 bridgehead atoms. The van der Waals surface area contributed by atoms with Crippen LogP contribution in [0.1, 0.15) is 0 Å². The molecule has 0 saturated carbocycles. The van der Waals surface area contributed by atoms with E-state index in [0.717, 1.165) is 4.43 Å². The van der Waals surface area contributed by atoms with Crippen LogP contribution in [-0.4, -0.2) is 19.0 Å². The van der Waals surface area contributed by atoms with Gasteiger partial charge in [-0.2, -0.15) is 0 Å². The maximum Gasteiger partial charge on any atom is 0.341 e. The van der Waals surface area contributed by atoms with Crippen LogP contribution in [-0.2, 0) is 4.79 Å². The fourth-order valence-corrected chi connectivity index (χ4v) is 3.02. The average molecular weight is 302 g/mol.